The van der Waals surface area contributed by atoms with E-state index in [-0.39, 0.29) is 0 Å². The average Bonchev–Trinajstić information content (AvgIpc) is 2.15. The van der Waals surface area contributed by atoms with Crippen molar-refractivity contribution in [3.63, 3.8) is 0 Å². The number of ether oxygens (including phenoxy) is 1. The summed E-state index contributed by atoms with van der Waals surface area (Å²) in [5.41, 5.74) is 6.07. The maximum Gasteiger partial charge on any atom is 0.0593 e. The summed E-state index contributed by atoms with van der Waals surface area (Å²) in [5, 5.41) is 0. The van der Waals surface area contributed by atoms with Gasteiger partial charge in [-0.05, 0) is 25.8 Å². The standard InChI is InChI=1S/C12H28N2O/c1-5-14(7-8-15-6-2)10-12(13)9-11(3)4/h11-12H,5-10,13H2,1-4H3. The molecule has 0 heterocycles. The summed E-state index contributed by atoms with van der Waals surface area (Å²) in [6.07, 6.45) is 1.10. The molecule has 1 unspecified atom stereocenters. The number of nitrogens with zero attached hydrogens (tertiary/aromatic N) is 1. The van der Waals surface area contributed by atoms with Gasteiger partial charge in [-0.3, -0.25) is 4.90 Å². The fourth-order valence-electron chi connectivity index (χ4n) is 1.73. The first-order valence-corrected chi connectivity index (χ1v) is 6.15. The molecule has 0 saturated carbocycles. The highest BCUT2D eigenvalue weighted by Gasteiger charge is 2.10. The van der Waals surface area contributed by atoms with E-state index in [2.05, 4.69) is 25.7 Å². The van der Waals surface area contributed by atoms with Crippen molar-refractivity contribution in [3.05, 3.63) is 0 Å². The fraction of sp³-hybridized carbons (Fsp3) is 1.00. The summed E-state index contributed by atoms with van der Waals surface area (Å²) in [7, 11) is 0. The number of rotatable bonds is 9. The van der Waals surface area contributed by atoms with Crippen LogP contribution in [0.4, 0.5) is 0 Å². The van der Waals surface area contributed by atoms with Crippen LogP contribution in [-0.4, -0.2) is 43.8 Å². The number of hydrogen-bond acceptors (Lipinski definition) is 3. The van der Waals surface area contributed by atoms with Crippen molar-refractivity contribution in [3.8, 4) is 0 Å². The van der Waals surface area contributed by atoms with E-state index in [9.17, 15) is 0 Å². The molecule has 0 fully saturated rings. The normalized spacial score (nSPS) is 13.8. The molecule has 0 amide bonds. The van der Waals surface area contributed by atoms with Gasteiger partial charge in [0.2, 0.25) is 0 Å². The second kappa shape index (κ2) is 9.13. The SMILES string of the molecule is CCOCCN(CC)CC(N)CC(C)C. The van der Waals surface area contributed by atoms with E-state index in [1.165, 1.54) is 0 Å². The van der Waals surface area contributed by atoms with Gasteiger partial charge in [-0.25, -0.2) is 0 Å². The van der Waals surface area contributed by atoms with E-state index >= 15 is 0 Å². The number of hydrogen-bond donors (Lipinski definition) is 1. The van der Waals surface area contributed by atoms with Crippen LogP contribution in [0, 0.1) is 5.92 Å². The Balaban J connectivity index is 3.67. The summed E-state index contributed by atoms with van der Waals surface area (Å²) in [6.45, 7) is 13.3. The van der Waals surface area contributed by atoms with Crippen LogP contribution in [0.3, 0.4) is 0 Å². The smallest absolute Gasteiger partial charge is 0.0593 e. The van der Waals surface area contributed by atoms with Crippen LogP contribution in [0.25, 0.3) is 0 Å². The first-order valence-electron chi connectivity index (χ1n) is 6.15. The summed E-state index contributed by atoms with van der Waals surface area (Å²) in [6, 6.07) is 0.298. The van der Waals surface area contributed by atoms with Crippen LogP contribution >= 0.6 is 0 Å². The maximum atomic E-state index is 6.07. The van der Waals surface area contributed by atoms with Crippen molar-refractivity contribution in [2.45, 2.75) is 40.2 Å². The predicted molar refractivity (Wildman–Crippen MR) is 66.0 cm³/mol. The Labute approximate surface area is 95.0 Å². The van der Waals surface area contributed by atoms with E-state index in [0.717, 1.165) is 39.3 Å². The molecule has 1 atom stereocenters. The number of likely N-dealkylation sites (N-methyl/N-ethyl adjacent to an activating group) is 1. The van der Waals surface area contributed by atoms with Crippen molar-refractivity contribution in [1.29, 1.82) is 0 Å². The quantitative estimate of drug-likeness (QED) is 0.596. The summed E-state index contributed by atoms with van der Waals surface area (Å²) < 4.78 is 5.35. The lowest BCUT2D eigenvalue weighted by Gasteiger charge is -2.24. The highest BCUT2D eigenvalue weighted by atomic mass is 16.5. The van der Waals surface area contributed by atoms with Crippen LogP contribution in [0.2, 0.25) is 0 Å². The molecule has 92 valence electrons. The van der Waals surface area contributed by atoms with Gasteiger partial charge in [0.15, 0.2) is 0 Å². The van der Waals surface area contributed by atoms with Gasteiger partial charge in [0, 0.05) is 25.7 Å². The molecule has 15 heavy (non-hydrogen) atoms. The first kappa shape index (κ1) is 14.9. The lowest BCUT2D eigenvalue weighted by atomic mass is 10.0. The molecule has 0 aliphatic heterocycles. The van der Waals surface area contributed by atoms with E-state index in [0.29, 0.717) is 12.0 Å². The monoisotopic (exact) mass is 216 g/mol. The van der Waals surface area contributed by atoms with Gasteiger partial charge in [-0.1, -0.05) is 20.8 Å². The van der Waals surface area contributed by atoms with Gasteiger partial charge in [-0.2, -0.15) is 0 Å². The zero-order chi connectivity index (χ0) is 11.7. The van der Waals surface area contributed by atoms with E-state index < -0.39 is 0 Å². The molecule has 0 spiro atoms. The van der Waals surface area contributed by atoms with E-state index in [1.807, 2.05) is 6.92 Å². The van der Waals surface area contributed by atoms with Gasteiger partial charge in [0.1, 0.15) is 0 Å². The third-order valence-electron chi connectivity index (χ3n) is 2.47. The third-order valence-corrected chi connectivity index (χ3v) is 2.47. The molecule has 0 radical (unpaired) electrons. The first-order chi connectivity index (χ1) is 7.10. The Bertz CT molecular complexity index is 140. The summed E-state index contributed by atoms with van der Waals surface area (Å²) in [5.74, 6) is 0.686. The molecule has 0 aliphatic rings. The lowest BCUT2D eigenvalue weighted by molar-refractivity contribution is 0.112. The minimum Gasteiger partial charge on any atom is -0.380 e. The van der Waals surface area contributed by atoms with E-state index in [1.54, 1.807) is 0 Å². The van der Waals surface area contributed by atoms with Crippen LogP contribution in [0.5, 0.6) is 0 Å². The van der Waals surface area contributed by atoms with Crippen molar-refractivity contribution in [2.75, 3.05) is 32.8 Å². The predicted octanol–water partition coefficient (Wildman–Crippen LogP) is 1.72. The second-order valence-corrected chi connectivity index (χ2v) is 4.48. The molecule has 0 aliphatic carbocycles. The molecule has 0 bridgehead atoms. The van der Waals surface area contributed by atoms with Crippen LogP contribution in [0.15, 0.2) is 0 Å². The molecular weight excluding hydrogens is 188 g/mol. The molecule has 0 aromatic rings. The Morgan fingerprint density at radius 1 is 1.27 bits per heavy atom. The highest BCUT2D eigenvalue weighted by molar-refractivity contribution is 4.69. The lowest BCUT2D eigenvalue weighted by Crippen LogP contribution is -2.39. The Hall–Kier alpha value is -0.120. The minimum absolute atomic E-state index is 0.298. The molecule has 0 rings (SSSR count). The number of nitrogens with two attached hydrogens (primary N) is 1. The van der Waals surface area contributed by atoms with Gasteiger partial charge in [0.05, 0.1) is 6.61 Å². The van der Waals surface area contributed by atoms with Crippen molar-refractivity contribution >= 4 is 0 Å². The molecular formula is C12H28N2O. The van der Waals surface area contributed by atoms with Gasteiger partial charge in [0.25, 0.3) is 0 Å². The van der Waals surface area contributed by atoms with E-state index in [4.69, 9.17) is 10.5 Å². The largest absolute Gasteiger partial charge is 0.380 e. The third kappa shape index (κ3) is 8.85. The van der Waals surface area contributed by atoms with Crippen molar-refractivity contribution < 1.29 is 4.74 Å². The molecule has 0 aromatic carbocycles. The molecule has 0 aromatic heterocycles. The molecule has 3 nitrogen and oxygen atoms in total. The highest BCUT2D eigenvalue weighted by Crippen LogP contribution is 2.04. The van der Waals surface area contributed by atoms with Gasteiger partial charge < -0.3 is 10.5 Å². The Morgan fingerprint density at radius 2 is 1.93 bits per heavy atom. The molecule has 3 heteroatoms. The Kier molecular flexibility index (Phi) is 9.06. The second-order valence-electron chi connectivity index (χ2n) is 4.48. The van der Waals surface area contributed by atoms with Gasteiger partial charge in [-0.15, -0.1) is 0 Å². The zero-order valence-corrected chi connectivity index (χ0v) is 10.8. The van der Waals surface area contributed by atoms with Crippen molar-refractivity contribution in [1.82, 2.24) is 4.90 Å². The van der Waals surface area contributed by atoms with Gasteiger partial charge >= 0.3 is 0 Å². The minimum atomic E-state index is 0.298. The summed E-state index contributed by atoms with van der Waals surface area (Å²) >= 11 is 0. The topological polar surface area (TPSA) is 38.5 Å². The molecule has 0 saturated heterocycles. The molecule has 2 N–H and O–H groups in total. The fourth-order valence-corrected chi connectivity index (χ4v) is 1.73. The summed E-state index contributed by atoms with van der Waals surface area (Å²) in [4.78, 5) is 2.36. The van der Waals surface area contributed by atoms with Crippen molar-refractivity contribution in [2.24, 2.45) is 11.7 Å². The zero-order valence-electron chi connectivity index (χ0n) is 10.8. The van der Waals surface area contributed by atoms with Crippen LogP contribution < -0.4 is 5.73 Å². The van der Waals surface area contributed by atoms with Crippen LogP contribution in [0.1, 0.15) is 34.1 Å². The maximum absolute atomic E-state index is 6.07. The average molecular weight is 216 g/mol. The van der Waals surface area contributed by atoms with Crippen LogP contribution in [-0.2, 0) is 4.74 Å². The Morgan fingerprint density at radius 3 is 2.40 bits per heavy atom.